The molecule has 1 saturated carbocycles. The Morgan fingerprint density at radius 1 is 1.14 bits per heavy atom. The highest BCUT2D eigenvalue weighted by atomic mass is 32.2. The first-order valence-corrected chi connectivity index (χ1v) is 9.22. The molecule has 1 aliphatic carbocycles. The van der Waals surface area contributed by atoms with E-state index in [1.165, 1.54) is 30.6 Å². The maximum atomic E-state index is 9.92. The van der Waals surface area contributed by atoms with E-state index in [1.54, 1.807) is 0 Å². The molecule has 1 aromatic rings. The van der Waals surface area contributed by atoms with Gasteiger partial charge in [0.15, 0.2) is 0 Å². The average molecular weight is 307 g/mol. The van der Waals surface area contributed by atoms with Crippen LogP contribution >= 0.6 is 11.8 Å². The molecule has 0 unspecified atom stereocenters. The molecule has 0 atom stereocenters. The Bertz CT molecular complexity index is 413. The van der Waals surface area contributed by atoms with Crippen molar-refractivity contribution < 1.29 is 5.11 Å². The molecule has 0 radical (unpaired) electrons. The van der Waals surface area contributed by atoms with Crippen molar-refractivity contribution in [1.82, 2.24) is 0 Å². The van der Waals surface area contributed by atoms with E-state index in [9.17, 15) is 5.11 Å². The van der Waals surface area contributed by atoms with Crippen molar-refractivity contribution in [3.05, 3.63) is 30.3 Å². The van der Waals surface area contributed by atoms with Gasteiger partial charge in [-0.15, -0.1) is 11.8 Å². The van der Waals surface area contributed by atoms with Gasteiger partial charge >= 0.3 is 0 Å². The van der Waals surface area contributed by atoms with Crippen LogP contribution in [0.4, 0.5) is 0 Å². The quantitative estimate of drug-likeness (QED) is 0.737. The van der Waals surface area contributed by atoms with Crippen LogP contribution in [-0.2, 0) is 0 Å². The predicted molar refractivity (Wildman–Crippen MR) is 92.7 cm³/mol. The molecule has 1 aromatic carbocycles. The summed E-state index contributed by atoms with van der Waals surface area (Å²) in [6, 6.07) is 10.6. The molecule has 2 rings (SSSR count). The van der Waals surface area contributed by atoms with Gasteiger partial charge in [0, 0.05) is 11.5 Å². The van der Waals surface area contributed by atoms with E-state index in [0.29, 0.717) is 12.0 Å². The fourth-order valence-corrected chi connectivity index (χ4v) is 4.61. The van der Waals surface area contributed by atoms with Gasteiger partial charge in [0.05, 0.1) is 0 Å². The van der Waals surface area contributed by atoms with Gasteiger partial charge in [0.2, 0.25) is 0 Å². The van der Waals surface area contributed by atoms with E-state index in [0.717, 1.165) is 18.1 Å². The Morgan fingerprint density at radius 2 is 1.76 bits per heavy atom. The van der Waals surface area contributed by atoms with E-state index in [2.05, 4.69) is 51.1 Å². The largest absolute Gasteiger partial charge is 0.396 e. The zero-order valence-corrected chi connectivity index (χ0v) is 14.6. The van der Waals surface area contributed by atoms with Gasteiger partial charge in [-0.3, -0.25) is 0 Å². The van der Waals surface area contributed by atoms with E-state index >= 15 is 0 Å². The van der Waals surface area contributed by atoms with Gasteiger partial charge in [-0.2, -0.15) is 0 Å². The third kappa shape index (κ3) is 4.75. The smallest absolute Gasteiger partial charge is 0.0487 e. The van der Waals surface area contributed by atoms with Crippen LogP contribution in [-0.4, -0.2) is 17.5 Å². The Labute approximate surface area is 134 Å². The van der Waals surface area contributed by atoms with Gasteiger partial charge in [-0.05, 0) is 66.7 Å². The summed E-state index contributed by atoms with van der Waals surface area (Å²) in [6.07, 6.45) is 6.08. The van der Waals surface area contributed by atoms with Gasteiger partial charge in [0.1, 0.15) is 0 Å². The monoisotopic (exact) mass is 306 g/mol. The molecule has 0 spiro atoms. The summed E-state index contributed by atoms with van der Waals surface area (Å²) >= 11 is 1.92. The molecule has 0 heterocycles. The Hall–Kier alpha value is -0.470. The maximum absolute atomic E-state index is 9.92. The Balaban J connectivity index is 1.83. The molecule has 0 bridgehead atoms. The Morgan fingerprint density at radius 3 is 2.29 bits per heavy atom. The van der Waals surface area contributed by atoms with Crippen molar-refractivity contribution in [2.24, 2.45) is 16.7 Å². The van der Waals surface area contributed by atoms with Crippen molar-refractivity contribution in [2.75, 3.05) is 12.4 Å². The van der Waals surface area contributed by atoms with Crippen LogP contribution in [0.25, 0.3) is 0 Å². The minimum atomic E-state index is 0.184. The second kappa shape index (κ2) is 7.19. The molecule has 0 aliphatic heterocycles. The summed E-state index contributed by atoms with van der Waals surface area (Å²) in [7, 11) is 0. The fraction of sp³-hybridized carbons (Fsp3) is 0.684. The number of benzene rings is 1. The standard InChI is InChI=1S/C19H30OS/c1-18(2,3)16-9-11-19(15-20,12-10-16)13-14-21-17-7-5-4-6-8-17/h4-8,16,20H,9-15H2,1-3H3. The van der Waals surface area contributed by atoms with E-state index in [-0.39, 0.29) is 5.41 Å². The molecule has 0 aromatic heterocycles. The highest BCUT2D eigenvalue weighted by molar-refractivity contribution is 7.99. The van der Waals surface area contributed by atoms with Crippen LogP contribution in [0.15, 0.2) is 35.2 Å². The molecule has 118 valence electrons. The summed E-state index contributed by atoms with van der Waals surface area (Å²) in [5.41, 5.74) is 0.601. The first kappa shape index (κ1) is 16.9. The maximum Gasteiger partial charge on any atom is 0.0487 e. The third-order valence-corrected chi connectivity index (χ3v) is 6.26. The topological polar surface area (TPSA) is 20.2 Å². The summed E-state index contributed by atoms with van der Waals surface area (Å²) in [6.45, 7) is 7.43. The minimum absolute atomic E-state index is 0.184. The molecule has 0 saturated heterocycles. The average Bonchev–Trinajstić information content (AvgIpc) is 2.48. The molecular formula is C19H30OS. The highest BCUT2D eigenvalue weighted by Crippen LogP contribution is 2.47. The normalized spacial score (nSPS) is 26.8. The van der Waals surface area contributed by atoms with Crippen molar-refractivity contribution in [1.29, 1.82) is 0 Å². The van der Waals surface area contributed by atoms with Gasteiger partial charge < -0.3 is 5.11 Å². The highest BCUT2D eigenvalue weighted by Gasteiger charge is 2.37. The van der Waals surface area contributed by atoms with Crippen LogP contribution in [0.3, 0.4) is 0 Å². The van der Waals surface area contributed by atoms with Gasteiger partial charge in [-0.1, -0.05) is 39.0 Å². The van der Waals surface area contributed by atoms with Crippen molar-refractivity contribution in [2.45, 2.75) is 57.8 Å². The summed E-state index contributed by atoms with van der Waals surface area (Å²) in [4.78, 5) is 1.34. The number of hydrogen-bond donors (Lipinski definition) is 1. The molecule has 1 N–H and O–H groups in total. The van der Waals surface area contributed by atoms with E-state index in [1.807, 2.05) is 11.8 Å². The Kier molecular flexibility index (Phi) is 5.79. The zero-order valence-electron chi connectivity index (χ0n) is 13.8. The second-order valence-corrected chi connectivity index (χ2v) is 8.88. The number of hydrogen-bond acceptors (Lipinski definition) is 2. The summed E-state index contributed by atoms with van der Waals surface area (Å²) in [5.74, 6) is 1.93. The lowest BCUT2D eigenvalue weighted by molar-refractivity contribution is 0.0348. The molecule has 21 heavy (non-hydrogen) atoms. The number of thioether (sulfide) groups is 1. The summed E-state index contributed by atoms with van der Waals surface area (Å²) < 4.78 is 0. The van der Waals surface area contributed by atoms with E-state index in [4.69, 9.17) is 0 Å². The fourth-order valence-electron chi connectivity index (χ4n) is 3.49. The number of aliphatic hydroxyl groups is 1. The molecule has 0 amide bonds. The molecule has 1 aliphatic rings. The van der Waals surface area contributed by atoms with Gasteiger partial charge in [0.25, 0.3) is 0 Å². The van der Waals surface area contributed by atoms with Crippen LogP contribution in [0, 0.1) is 16.7 Å². The molecule has 2 heteroatoms. The van der Waals surface area contributed by atoms with Crippen LogP contribution in [0.1, 0.15) is 52.9 Å². The van der Waals surface area contributed by atoms with E-state index < -0.39 is 0 Å². The zero-order chi connectivity index (χ0) is 15.3. The second-order valence-electron chi connectivity index (χ2n) is 7.71. The van der Waals surface area contributed by atoms with Crippen LogP contribution in [0.2, 0.25) is 0 Å². The number of aliphatic hydroxyl groups excluding tert-OH is 1. The number of rotatable bonds is 5. The molecule has 1 fully saturated rings. The molecule has 1 nitrogen and oxygen atoms in total. The van der Waals surface area contributed by atoms with Crippen LogP contribution in [0.5, 0.6) is 0 Å². The summed E-state index contributed by atoms with van der Waals surface area (Å²) in [5, 5.41) is 9.92. The first-order valence-electron chi connectivity index (χ1n) is 8.24. The third-order valence-electron chi connectivity index (χ3n) is 5.25. The molecular weight excluding hydrogens is 276 g/mol. The lowest BCUT2D eigenvalue weighted by Crippen LogP contribution is -2.35. The van der Waals surface area contributed by atoms with Crippen molar-refractivity contribution >= 4 is 11.8 Å². The van der Waals surface area contributed by atoms with Crippen LogP contribution < -0.4 is 0 Å². The minimum Gasteiger partial charge on any atom is -0.396 e. The lowest BCUT2D eigenvalue weighted by atomic mass is 9.63. The lowest BCUT2D eigenvalue weighted by Gasteiger charge is -2.43. The predicted octanol–water partition coefficient (Wildman–Crippen LogP) is 5.38. The SMILES string of the molecule is CC(C)(C)C1CCC(CO)(CCSc2ccccc2)CC1. The first-order chi connectivity index (χ1) is 9.95. The van der Waals surface area contributed by atoms with Gasteiger partial charge in [-0.25, -0.2) is 0 Å². The van der Waals surface area contributed by atoms with Crippen molar-refractivity contribution in [3.8, 4) is 0 Å². The van der Waals surface area contributed by atoms with Crippen molar-refractivity contribution in [3.63, 3.8) is 0 Å².